The van der Waals surface area contributed by atoms with E-state index >= 15 is 0 Å². The molecular weight excluding hydrogens is 478 g/mol. The maximum Gasteiger partial charge on any atom is 0.290 e. The van der Waals surface area contributed by atoms with Crippen LogP contribution in [0.15, 0.2) is 94.9 Å². The Hall–Kier alpha value is -4.37. The predicted octanol–water partition coefficient (Wildman–Crippen LogP) is 3.91. The summed E-state index contributed by atoms with van der Waals surface area (Å²) in [5.74, 6) is -0.802. The number of amides is 3. The zero-order valence-electron chi connectivity index (χ0n) is 19.3. The van der Waals surface area contributed by atoms with Gasteiger partial charge in [0.05, 0.1) is 12.8 Å². The molecule has 3 N–H and O–H groups in total. The van der Waals surface area contributed by atoms with E-state index in [1.54, 1.807) is 36.4 Å². The second-order valence-electron chi connectivity index (χ2n) is 7.92. The Balaban J connectivity index is 1.67. The molecule has 1 atom stereocenters. The molecule has 0 saturated carbocycles. The van der Waals surface area contributed by atoms with Crippen LogP contribution in [0.4, 0.5) is 0 Å². The van der Waals surface area contributed by atoms with Crippen molar-refractivity contribution in [1.29, 1.82) is 0 Å². The van der Waals surface area contributed by atoms with Crippen molar-refractivity contribution in [3.05, 3.63) is 112 Å². The fourth-order valence-electron chi connectivity index (χ4n) is 3.65. The highest BCUT2D eigenvalue weighted by Crippen LogP contribution is 2.28. The number of thiophene rings is 1. The minimum absolute atomic E-state index is 0.133. The van der Waals surface area contributed by atoms with Gasteiger partial charge in [0.15, 0.2) is 12.4 Å². The molecule has 0 aliphatic rings. The molecule has 36 heavy (non-hydrogen) atoms. The first-order valence-electron chi connectivity index (χ1n) is 11.2. The first kappa shape index (κ1) is 24.7. The third-order valence-electron chi connectivity index (χ3n) is 5.35. The molecule has 0 saturated heterocycles. The zero-order valence-corrected chi connectivity index (χ0v) is 20.1. The van der Waals surface area contributed by atoms with Gasteiger partial charge in [-0.25, -0.2) is 0 Å². The van der Waals surface area contributed by atoms with Gasteiger partial charge in [-0.1, -0.05) is 48.5 Å². The van der Waals surface area contributed by atoms with Gasteiger partial charge in [-0.3, -0.25) is 14.4 Å². The summed E-state index contributed by atoms with van der Waals surface area (Å²) in [5, 5.41) is 4.88. The van der Waals surface area contributed by atoms with E-state index in [0.717, 1.165) is 10.4 Å². The molecule has 0 radical (unpaired) electrons. The maximum absolute atomic E-state index is 13.6. The van der Waals surface area contributed by atoms with E-state index in [4.69, 9.17) is 14.9 Å². The van der Waals surface area contributed by atoms with Crippen LogP contribution < -0.4 is 15.8 Å². The van der Waals surface area contributed by atoms with Crippen LogP contribution >= 0.6 is 11.3 Å². The number of ether oxygens (including phenoxy) is 1. The van der Waals surface area contributed by atoms with Crippen molar-refractivity contribution in [2.75, 3.05) is 6.61 Å². The normalized spacial score (nSPS) is 11.4. The third-order valence-corrected chi connectivity index (χ3v) is 6.21. The lowest BCUT2D eigenvalue weighted by Crippen LogP contribution is -2.43. The topological polar surface area (TPSA) is 115 Å². The second kappa shape index (κ2) is 11.9. The molecule has 0 unspecified atom stereocenters. The average Bonchev–Trinajstić information content (AvgIpc) is 3.61. The first-order valence-corrected chi connectivity index (χ1v) is 12.1. The first-order chi connectivity index (χ1) is 17.5. The molecule has 0 aliphatic heterocycles. The van der Waals surface area contributed by atoms with Gasteiger partial charge in [-0.05, 0) is 46.8 Å². The second-order valence-corrected chi connectivity index (χ2v) is 8.95. The molecule has 184 valence electrons. The van der Waals surface area contributed by atoms with E-state index in [1.165, 1.54) is 22.5 Å². The van der Waals surface area contributed by atoms with Crippen molar-refractivity contribution < 1.29 is 23.5 Å². The minimum atomic E-state index is -0.960. The standard InChI is InChI=1S/C27H25N3O5S/c28-24(31)18-35-21-12-10-20(11-13-21)25(26(32)29-16-19-6-2-1-3-7-19)30(17-22-8-5-15-36-22)27(33)23-9-4-14-34-23/h1-15,25H,16-18H2,(H2,28,31)(H,29,32)/t25-/m0/s1. The van der Waals surface area contributed by atoms with Crippen molar-refractivity contribution in [2.24, 2.45) is 5.73 Å². The largest absolute Gasteiger partial charge is 0.484 e. The lowest BCUT2D eigenvalue weighted by Gasteiger charge is -2.30. The number of nitrogens with zero attached hydrogens (tertiary/aromatic N) is 1. The lowest BCUT2D eigenvalue weighted by atomic mass is 10.0. The summed E-state index contributed by atoms with van der Waals surface area (Å²) in [4.78, 5) is 40.6. The summed E-state index contributed by atoms with van der Waals surface area (Å²) in [6, 6.07) is 22.2. The lowest BCUT2D eigenvalue weighted by molar-refractivity contribution is -0.126. The van der Waals surface area contributed by atoms with Crippen molar-refractivity contribution in [3.8, 4) is 5.75 Å². The summed E-state index contributed by atoms with van der Waals surface area (Å²) in [7, 11) is 0. The predicted molar refractivity (Wildman–Crippen MR) is 135 cm³/mol. The Bertz CT molecular complexity index is 1270. The van der Waals surface area contributed by atoms with E-state index in [1.807, 2.05) is 47.8 Å². The van der Waals surface area contributed by atoms with E-state index in [2.05, 4.69) is 5.32 Å². The smallest absolute Gasteiger partial charge is 0.290 e. The van der Waals surface area contributed by atoms with Crippen LogP contribution in [0.25, 0.3) is 0 Å². The number of carbonyl (C=O) groups excluding carboxylic acids is 3. The van der Waals surface area contributed by atoms with Crippen LogP contribution in [-0.4, -0.2) is 29.2 Å². The summed E-state index contributed by atoms with van der Waals surface area (Å²) in [6.45, 7) is 0.250. The molecule has 3 amide bonds. The molecular formula is C27H25N3O5S. The van der Waals surface area contributed by atoms with Crippen molar-refractivity contribution in [3.63, 3.8) is 0 Å². The summed E-state index contributed by atoms with van der Waals surface area (Å²) >= 11 is 1.49. The molecule has 2 heterocycles. The monoisotopic (exact) mass is 503 g/mol. The fourth-order valence-corrected chi connectivity index (χ4v) is 4.35. The van der Waals surface area contributed by atoms with Crippen molar-refractivity contribution >= 4 is 29.1 Å². The maximum atomic E-state index is 13.6. The van der Waals surface area contributed by atoms with Crippen LogP contribution in [-0.2, 0) is 22.7 Å². The molecule has 2 aromatic carbocycles. The van der Waals surface area contributed by atoms with E-state index in [-0.39, 0.29) is 24.8 Å². The Morgan fingerprint density at radius 1 is 0.972 bits per heavy atom. The molecule has 4 rings (SSSR count). The van der Waals surface area contributed by atoms with Crippen LogP contribution in [0.3, 0.4) is 0 Å². The number of benzene rings is 2. The highest BCUT2D eigenvalue weighted by atomic mass is 32.1. The number of primary amides is 1. The fraction of sp³-hybridized carbons (Fsp3) is 0.148. The molecule has 9 heteroatoms. The van der Waals surface area contributed by atoms with Gasteiger partial charge in [0.2, 0.25) is 5.91 Å². The van der Waals surface area contributed by atoms with Gasteiger partial charge in [0.1, 0.15) is 11.8 Å². The third kappa shape index (κ3) is 6.39. The van der Waals surface area contributed by atoms with E-state index < -0.39 is 17.9 Å². The summed E-state index contributed by atoms with van der Waals surface area (Å²) < 4.78 is 10.7. The molecule has 2 aromatic heterocycles. The molecule has 0 fully saturated rings. The van der Waals surface area contributed by atoms with Gasteiger partial charge < -0.3 is 25.1 Å². The summed E-state index contributed by atoms with van der Waals surface area (Å²) in [5.41, 5.74) is 6.66. The quantitative estimate of drug-likeness (QED) is 0.322. The average molecular weight is 504 g/mol. The number of hydrogen-bond donors (Lipinski definition) is 2. The highest BCUT2D eigenvalue weighted by Gasteiger charge is 2.33. The summed E-state index contributed by atoms with van der Waals surface area (Å²) in [6.07, 6.45) is 1.42. The molecule has 0 bridgehead atoms. The molecule has 0 aliphatic carbocycles. The Morgan fingerprint density at radius 2 is 1.75 bits per heavy atom. The van der Waals surface area contributed by atoms with Crippen LogP contribution in [0.1, 0.15) is 32.6 Å². The molecule has 0 spiro atoms. The molecule has 4 aromatic rings. The number of nitrogens with two attached hydrogens (primary N) is 1. The van der Waals surface area contributed by atoms with Crippen LogP contribution in [0, 0.1) is 0 Å². The number of rotatable bonds is 11. The van der Waals surface area contributed by atoms with E-state index in [0.29, 0.717) is 17.9 Å². The number of carbonyl (C=O) groups is 3. The zero-order chi connectivity index (χ0) is 25.3. The molecule has 8 nitrogen and oxygen atoms in total. The Labute approximate surface area is 212 Å². The van der Waals surface area contributed by atoms with Gasteiger partial charge in [-0.2, -0.15) is 0 Å². The Kier molecular flexibility index (Phi) is 8.15. The van der Waals surface area contributed by atoms with Gasteiger partial charge in [0, 0.05) is 11.4 Å². The van der Waals surface area contributed by atoms with Crippen LogP contribution in [0.5, 0.6) is 5.75 Å². The van der Waals surface area contributed by atoms with Gasteiger partial charge >= 0.3 is 0 Å². The van der Waals surface area contributed by atoms with E-state index in [9.17, 15) is 14.4 Å². The van der Waals surface area contributed by atoms with Crippen molar-refractivity contribution in [1.82, 2.24) is 10.2 Å². The highest BCUT2D eigenvalue weighted by molar-refractivity contribution is 7.09. The SMILES string of the molecule is NC(=O)COc1ccc([C@@H](C(=O)NCc2ccccc2)N(Cc2cccs2)C(=O)c2ccco2)cc1. The van der Waals surface area contributed by atoms with Gasteiger partial charge in [-0.15, -0.1) is 11.3 Å². The van der Waals surface area contributed by atoms with Gasteiger partial charge in [0.25, 0.3) is 11.8 Å². The Morgan fingerprint density at radius 3 is 2.39 bits per heavy atom. The van der Waals surface area contributed by atoms with Crippen molar-refractivity contribution in [2.45, 2.75) is 19.1 Å². The number of nitrogens with one attached hydrogen (secondary N) is 1. The van der Waals surface area contributed by atoms with Crippen LogP contribution in [0.2, 0.25) is 0 Å². The number of furan rings is 1. The minimum Gasteiger partial charge on any atom is -0.484 e. The number of hydrogen-bond acceptors (Lipinski definition) is 6.